The van der Waals surface area contributed by atoms with E-state index in [0.29, 0.717) is 11.1 Å². The molecule has 0 saturated heterocycles. The average Bonchev–Trinajstić information content (AvgIpc) is 2.38. The van der Waals surface area contributed by atoms with Crippen molar-refractivity contribution in [1.82, 2.24) is 4.72 Å². The molecule has 0 aliphatic heterocycles. The van der Waals surface area contributed by atoms with Crippen molar-refractivity contribution in [2.75, 3.05) is 18.1 Å². The first kappa shape index (κ1) is 17.1. The lowest BCUT2D eigenvalue weighted by molar-refractivity contribution is 0.580. The number of sulfonamides is 1. The maximum Gasteiger partial charge on any atom is 0.240 e. The molecule has 8 heteroatoms. The fourth-order valence-electron chi connectivity index (χ4n) is 1.61. The van der Waals surface area contributed by atoms with Gasteiger partial charge in [-0.3, -0.25) is 0 Å². The molecule has 0 saturated carbocycles. The smallest absolute Gasteiger partial charge is 0.240 e. The van der Waals surface area contributed by atoms with E-state index in [2.05, 4.69) is 4.72 Å². The van der Waals surface area contributed by atoms with Crippen LogP contribution in [-0.4, -0.2) is 34.9 Å². The minimum Gasteiger partial charge on any atom is -0.326 e. The fourth-order valence-corrected chi connectivity index (χ4v) is 3.77. The van der Waals surface area contributed by atoms with Gasteiger partial charge in [0.25, 0.3) is 0 Å². The molecule has 0 aliphatic carbocycles. The molecule has 1 rings (SSSR count). The number of rotatable bonds is 7. The van der Waals surface area contributed by atoms with E-state index in [9.17, 15) is 16.8 Å². The van der Waals surface area contributed by atoms with Crippen LogP contribution in [0.25, 0.3) is 0 Å². The lowest BCUT2D eigenvalue weighted by atomic mass is 10.1. The minimum atomic E-state index is -3.72. The number of nitrogens with two attached hydrogens (primary N) is 1. The number of hydrogen-bond donors (Lipinski definition) is 2. The largest absolute Gasteiger partial charge is 0.326 e. The summed E-state index contributed by atoms with van der Waals surface area (Å²) in [5.41, 5.74) is 6.79. The van der Waals surface area contributed by atoms with E-state index in [1.165, 1.54) is 13.0 Å². The molecule has 0 bridgehead atoms. The molecule has 1 aromatic rings. The van der Waals surface area contributed by atoms with Crippen LogP contribution < -0.4 is 10.5 Å². The molecule has 1 aromatic carbocycles. The van der Waals surface area contributed by atoms with E-state index in [1.54, 1.807) is 19.1 Å². The molecular formula is C12H20N2O4S2. The molecule has 0 aromatic heterocycles. The second-order valence-electron chi connectivity index (χ2n) is 4.44. The third-order valence-electron chi connectivity index (χ3n) is 2.92. The van der Waals surface area contributed by atoms with Gasteiger partial charge in [-0.05, 0) is 24.1 Å². The van der Waals surface area contributed by atoms with Crippen molar-refractivity contribution in [1.29, 1.82) is 0 Å². The van der Waals surface area contributed by atoms with Crippen LogP contribution in [0.3, 0.4) is 0 Å². The van der Waals surface area contributed by atoms with Gasteiger partial charge >= 0.3 is 0 Å². The van der Waals surface area contributed by atoms with Crippen molar-refractivity contribution < 1.29 is 16.8 Å². The third-order valence-corrected chi connectivity index (χ3v) is 6.23. The van der Waals surface area contributed by atoms with Crippen LogP contribution in [0.1, 0.15) is 18.1 Å². The molecule has 3 N–H and O–H groups in total. The predicted octanol–water partition coefficient (Wildman–Crippen LogP) is 0.167. The Morgan fingerprint density at radius 2 is 1.85 bits per heavy atom. The average molecular weight is 320 g/mol. The highest BCUT2D eigenvalue weighted by Gasteiger charge is 2.18. The van der Waals surface area contributed by atoms with Crippen molar-refractivity contribution in [3.63, 3.8) is 0 Å². The van der Waals surface area contributed by atoms with Crippen molar-refractivity contribution in [3.05, 3.63) is 29.3 Å². The molecule has 114 valence electrons. The summed E-state index contributed by atoms with van der Waals surface area (Å²) < 4.78 is 49.3. The quantitative estimate of drug-likeness (QED) is 0.744. The van der Waals surface area contributed by atoms with Crippen LogP contribution in [0.4, 0.5) is 0 Å². The van der Waals surface area contributed by atoms with Gasteiger partial charge in [0, 0.05) is 18.8 Å². The summed E-state index contributed by atoms with van der Waals surface area (Å²) in [6.07, 6.45) is 0. The Hall–Kier alpha value is -0.960. The highest BCUT2D eigenvalue weighted by atomic mass is 32.2. The summed E-state index contributed by atoms with van der Waals surface area (Å²) in [4.78, 5) is 0.134. The lowest BCUT2D eigenvalue weighted by Gasteiger charge is -2.10. The Morgan fingerprint density at radius 1 is 1.20 bits per heavy atom. The molecule has 0 heterocycles. The molecule has 0 amide bonds. The Bertz CT molecular complexity index is 667. The van der Waals surface area contributed by atoms with Gasteiger partial charge in [-0.1, -0.05) is 19.1 Å². The van der Waals surface area contributed by atoms with E-state index >= 15 is 0 Å². The van der Waals surface area contributed by atoms with Crippen LogP contribution >= 0.6 is 0 Å². The summed E-state index contributed by atoms with van der Waals surface area (Å²) in [5, 5.41) is 0. The molecule has 0 fully saturated rings. The molecule has 0 unspecified atom stereocenters. The molecule has 0 aliphatic rings. The number of benzene rings is 1. The Kier molecular flexibility index (Phi) is 5.69. The van der Waals surface area contributed by atoms with Crippen LogP contribution in [0, 0.1) is 6.92 Å². The summed E-state index contributed by atoms with van der Waals surface area (Å²) in [7, 11) is -6.92. The van der Waals surface area contributed by atoms with E-state index in [-0.39, 0.29) is 29.5 Å². The Labute approximate surface area is 120 Å². The van der Waals surface area contributed by atoms with Crippen LogP contribution in [-0.2, 0) is 26.4 Å². The van der Waals surface area contributed by atoms with Gasteiger partial charge in [0.15, 0.2) is 9.84 Å². The zero-order valence-corrected chi connectivity index (χ0v) is 13.2. The Balaban J connectivity index is 2.89. The molecular weight excluding hydrogens is 300 g/mol. The van der Waals surface area contributed by atoms with Crippen molar-refractivity contribution in [3.8, 4) is 0 Å². The first-order valence-electron chi connectivity index (χ1n) is 6.21. The highest BCUT2D eigenvalue weighted by molar-refractivity contribution is 7.91. The fraction of sp³-hybridized carbons (Fsp3) is 0.500. The van der Waals surface area contributed by atoms with Gasteiger partial charge in [-0.2, -0.15) is 0 Å². The van der Waals surface area contributed by atoms with E-state index in [1.807, 2.05) is 0 Å². The Morgan fingerprint density at radius 3 is 2.40 bits per heavy atom. The van der Waals surface area contributed by atoms with Crippen molar-refractivity contribution in [2.24, 2.45) is 5.73 Å². The molecule has 0 spiro atoms. The van der Waals surface area contributed by atoms with Gasteiger partial charge in [0.2, 0.25) is 10.0 Å². The molecule has 20 heavy (non-hydrogen) atoms. The summed E-state index contributed by atoms with van der Waals surface area (Å²) in [6.45, 7) is 3.31. The molecule has 0 atom stereocenters. The van der Waals surface area contributed by atoms with Gasteiger partial charge in [0.1, 0.15) is 0 Å². The van der Waals surface area contributed by atoms with Crippen LogP contribution in [0.15, 0.2) is 23.1 Å². The van der Waals surface area contributed by atoms with Gasteiger partial charge in [-0.15, -0.1) is 0 Å². The molecule has 6 nitrogen and oxygen atoms in total. The SMILES string of the molecule is CCS(=O)(=O)CCNS(=O)(=O)c1cc(CN)ccc1C. The zero-order chi connectivity index (χ0) is 15.4. The standard InChI is InChI=1S/C12H20N2O4S2/c1-3-19(15,16)7-6-14-20(17,18)12-8-11(9-13)5-4-10(12)2/h4-5,8,14H,3,6-7,9,13H2,1-2H3. The normalized spacial score (nSPS) is 12.6. The highest BCUT2D eigenvalue weighted by Crippen LogP contribution is 2.16. The first-order valence-corrected chi connectivity index (χ1v) is 9.52. The monoisotopic (exact) mass is 320 g/mol. The number of hydrogen-bond acceptors (Lipinski definition) is 5. The maximum atomic E-state index is 12.1. The second kappa shape index (κ2) is 6.66. The van der Waals surface area contributed by atoms with Gasteiger partial charge < -0.3 is 5.73 Å². The van der Waals surface area contributed by atoms with Crippen molar-refractivity contribution in [2.45, 2.75) is 25.3 Å². The molecule has 0 radical (unpaired) electrons. The van der Waals surface area contributed by atoms with Crippen LogP contribution in [0.5, 0.6) is 0 Å². The number of aryl methyl sites for hydroxylation is 1. The topological polar surface area (TPSA) is 106 Å². The number of sulfone groups is 1. The van der Waals surface area contributed by atoms with Crippen molar-refractivity contribution >= 4 is 19.9 Å². The summed E-state index contributed by atoms with van der Waals surface area (Å²) in [6, 6.07) is 4.95. The minimum absolute atomic E-state index is 0.00356. The lowest BCUT2D eigenvalue weighted by Crippen LogP contribution is -2.30. The third kappa shape index (κ3) is 4.55. The van der Waals surface area contributed by atoms with Crippen LogP contribution in [0.2, 0.25) is 0 Å². The van der Waals surface area contributed by atoms with Gasteiger partial charge in [-0.25, -0.2) is 21.6 Å². The van der Waals surface area contributed by atoms with E-state index in [4.69, 9.17) is 5.73 Å². The predicted molar refractivity (Wildman–Crippen MR) is 78.6 cm³/mol. The van der Waals surface area contributed by atoms with E-state index < -0.39 is 19.9 Å². The van der Waals surface area contributed by atoms with E-state index in [0.717, 1.165) is 0 Å². The second-order valence-corrected chi connectivity index (χ2v) is 8.65. The first-order chi connectivity index (χ1) is 9.22. The maximum absolute atomic E-state index is 12.1. The number of nitrogens with one attached hydrogen (secondary N) is 1. The zero-order valence-electron chi connectivity index (χ0n) is 11.6. The summed E-state index contributed by atoms with van der Waals surface area (Å²) >= 11 is 0. The van der Waals surface area contributed by atoms with Gasteiger partial charge in [0.05, 0.1) is 10.6 Å². The summed E-state index contributed by atoms with van der Waals surface area (Å²) in [5.74, 6) is -0.214.